The van der Waals surface area contributed by atoms with E-state index in [1.165, 1.54) is 42.2 Å². The summed E-state index contributed by atoms with van der Waals surface area (Å²) in [6, 6.07) is 11.8. The van der Waals surface area contributed by atoms with E-state index >= 15 is 8.78 Å². The molecule has 4 atom stereocenters. The SMILES string of the molecule is CCN(C)S(=O)(=O)Nc1ccc(F)c(Oc2ccc3ncn(C4COC5(CCN(C(=O)CC6(O)CCN(c7ccc(NC8CCC(=O)NC8=O)cc7F)C(I)C6)CC5)C4)c(=O)c3c2)c1C#N. The number of ether oxygens (including phenoxy) is 2. The van der Waals surface area contributed by atoms with Crippen molar-refractivity contribution in [3.63, 3.8) is 0 Å². The molecule has 3 amide bonds. The number of carbonyl (C=O) groups is 3. The van der Waals surface area contributed by atoms with Crippen molar-refractivity contribution in [2.75, 3.05) is 54.8 Å². The van der Waals surface area contributed by atoms with Crippen LogP contribution in [0.25, 0.3) is 10.9 Å². The minimum absolute atomic E-state index is 0.0161. The lowest BCUT2D eigenvalue weighted by atomic mass is 9.85. The number of anilines is 3. The number of imide groups is 1. The van der Waals surface area contributed by atoms with Gasteiger partial charge in [0, 0.05) is 51.8 Å². The standard InChI is InChI=1S/C44H48F2IN9O9S/c1-3-53(2)66(62,63)52-34-8-6-31(45)40(30(34)23-48)65-28-5-7-33-29(19-28)42(60)56(25-49-33)27-20-44(64-24-27)13-15-54(16-14-44)39(58)22-43(61)12-17-55(37(47)21-43)36-10-4-26(18-32(36)46)50-35-9-11-38(57)51-41(35)59/h4-8,10,18-19,25,27,35,37,50,52,61H,3,9,11-17,20-22,24H2,1-2H3,(H,51,57,59). The number of nitrogens with zero attached hydrogens (tertiary/aromatic N) is 6. The van der Waals surface area contributed by atoms with Crippen LogP contribution < -0.4 is 30.6 Å². The van der Waals surface area contributed by atoms with E-state index in [9.17, 15) is 38.0 Å². The first kappa shape index (κ1) is 47.0. The van der Waals surface area contributed by atoms with Crippen molar-refractivity contribution in [3.8, 4) is 17.6 Å². The number of aliphatic hydroxyl groups is 1. The third kappa shape index (κ3) is 9.67. The van der Waals surface area contributed by atoms with Crippen molar-refractivity contribution in [2.45, 2.75) is 85.6 Å². The fourth-order valence-corrected chi connectivity index (χ4v) is 11.3. The number of benzene rings is 3. The van der Waals surface area contributed by atoms with Crippen molar-refractivity contribution in [2.24, 2.45) is 0 Å². The van der Waals surface area contributed by atoms with Crippen LogP contribution in [0.15, 0.2) is 59.7 Å². The Hall–Kier alpha value is -5.48. The number of alkyl halides is 1. The highest BCUT2D eigenvalue weighted by Gasteiger charge is 2.46. The Kier molecular flexibility index (Phi) is 13.3. The van der Waals surface area contributed by atoms with Gasteiger partial charge in [-0.3, -0.25) is 33.8 Å². The monoisotopic (exact) mass is 1040 g/mol. The lowest BCUT2D eigenvalue weighted by Gasteiger charge is -2.44. The molecule has 3 aromatic carbocycles. The van der Waals surface area contributed by atoms with Crippen LogP contribution >= 0.6 is 22.6 Å². The number of rotatable bonds is 12. The van der Waals surface area contributed by atoms with Gasteiger partial charge in [-0.15, -0.1) is 0 Å². The van der Waals surface area contributed by atoms with Gasteiger partial charge in [-0.2, -0.15) is 18.0 Å². The van der Waals surface area contributed by atoms with E-state index in [-0.39, 0.29) is 83.1 Å². The van der Waals surface area contributed by atoms with Crippen LogP contribution in [-0.4, -0.2) is 111 Å². The summed E-state index contributed by atoms with van der Waals surface area (Å²) in [5.74, 6) is -2.92. The van der Waals surface area contributed by atoms with E-state index in [2.05, 4.69) is 42.9 Å². The molecule has 4 N–H and O–H groups in total. The van der Waals surface area contributed by atoms with Gasteiger partial charge < -0.3 is 29.7 Å². The normalized spacial score (nSPS) is 23.2. The number of nitrogens with one attached hydrogen (secondary N) is 3. The number of nitriles is 1. The first-order chi connectivity index (χ1) is 31.4. The van der Waals surface area contributed by atoms with Crippen molar-refractivity contribution in [1.82, 2.24) is 24.1 Å². The highest BCUT2D eigenvalue weighted by molar-refractivity contribution is 14.1. The van der Waals surface area contributed by atoms with E-state index in [0.717, 1.165) is 16.4 Å². The number of likely N-dealkylation sites (tertiary alicyclic amines) is 1. The van der Waals surface area contributed by atoms with E-state index in [4.69, 9.17) is 9.47 Å². The summed E-state index contributed by atoms with van der Waals surface area (Å²) in [5, 5.41) is 27.0. The molecule has 4 aliphatic heterocycles. The predicted molar refractivity (Wildman–Crippen MR) is 246 cm³/mol. The second-order valence-electron chi connectivity index (χ2n) is 17.2. The van der Waals surface area contributed by atoms with Gasteiger partial charge in [-0.05, 0) is 80.6 Å². The van der Waals surface area contributed by atoms with Gasteiger partial charge in [0.15, 0.2) is 11.6 Å². The molecule has 4 unspecified atom stereocenters. The summed E-state index contributed by atoms with van der Waals surface area (Å²) in [6.07, 6.45) is 3.82. The fraction of sp³-hybridized carbons (Fsp3) is 0.455. The molecule has 8 rings (SSSR count). The molecule has 5 heterocycles. The Balaban J connectivity index is 0.869. The molecule has 0 radical (unpaired) electrons. The second kappa shape index (κ2) is 18.7. The van der Waals surface area contributed by atoms with Gasteiger partial charge in [0.1, 0.15) is 29.2 Å². The summed E-state index contributed by atoms with van der Waals surface area (Å²) in [4.78, 5) is 59.3. The van der Waals surface area contributed by atoms with Gasteiger partial charge in [-0.25, -0.2) is 13.8 Å². The van der Waals surface area contributed by atoms with Crippen LogP contribution in [0.4, 0.5) is 25.8 Å². The molecule has 4 saturated heterocycles. The first-order valence-corrected chi connectivity index (χ1v) is 24.2. The van der Waals surface area contributed by atoms with Gasteiger partial charge in [-0.1, -0.05) is 29.5 Å². The number of hydrogen-bond acceptors (Lipinski definition) is 13. The Morgan fingerprint density at radius 2 is 1.86 bits per heavy atom. The summed E-state index contributed by atoms with van der Waals surface area (Å²) in [7, 11) is -2.70. The van der Waals surface area contributed by atoms with Gasteiger partial charge >= 0.3 is 10.2 Å². The molecule has 0 saturated carbocycles. The molecule has 4 aromatic rings. The number of amides is 3. The Bertz CT molecular complexity index is 2800. The molecule has 1 spiro atoms. The maximum Gasteiger partial charge on any atom is 0.301 e. The van der Waals surface area contributed by atoms with Crippen LogP contribution in [0, 0.1) is 23.0 Å². The topological polar surface area (TPSA) is 229 Å². The van der Waals surface area contributed by atoms with Crippen LogP contribution in [-0.2, 0) is 29.3 Å². The molecular formula is C44H48F2IN9O9S. The maximum atomic E-state index is 15.4. The van der Waals surface area contributed by atoms with E-state index in [1.807, 2.05) is 11.0 Å². The molecule has 18 nitrogen and oxygen atoms in total. The zero-order valence-electron chi connectivity index (χ0n) is 36.1. The van der Waals surface area contributed by atoms with Crippen LogP contribution in [0.1, 0.15) is 69.9 Å². The first-order valence-electron chi connectivity index (χ1n) is 21.5. The number of carbonyl (C=O) groups excluding carboxylic acids is 3. The molecule has 4 aliphatic rings. The number of piperidine rings is 3. The molecule has 350 valence electrons. The van der Waals surface area contributed by atoms with Crippen molar-refractivity contribution in [1.29, 1.82) is 5.26 Å². The second-order valence-corrected chi connectivity index (χ2v) is 20.4. The lowest BCUT2D eigenvalue weighted by Crippen LogP contribution is -2.52. The van der Waals surface area contributed by atoms with Crippen LogP contribution in [0.2, 0.25) is 0 Å². The predicted octanol–water partition coefficient (Wildman–Crippen LogP) is 4.67. The molecule has 1 aromatic heterocycles. The van der Waals surface area contributed by atoms with Gasteiger partial charge in [0.2, 0.25) is 17.7 Å². The molecular weight excluding hydrogens is 996 g/mol. The Morgan fingerprint density at radius 3 is 2.56 bits per heavy atom. The number of hydrogen-bond donors (Lipinski definition) is 4. The minimum Gasteiger partial charge on any atom is -0.453 e. The summed E-state index contributed by atoms with van der Waals surface area (Å²) in [6.45, 7) is 3.07. The Morgan fingerprint density at radius 1 is 1.09 bits per heavy atom. The molecule has 0 bridgehead atoms. The van der Waals surface area contributed by atoms with Crippen LogP contribution in [0.3, 0.4) is 0 Å². The Labute approximate surface area is 392 Å². The van der Waals surface area contributed by atoms with Crippen molar-refractivity contribution < 1.29 is 46.2 Å². The number of aromatic nitrogens is 2. The van der Waals surface area contributed by atoms with Crippen molar-refractivity contribution in [3.05, 3.63) is 82.4 Å². The number of halogens is 3. The van der Waals surface area contributed by atoms with E-state index < -0.39 is 56.3 Å². The third-order valence-electron chi connectivity index (χ3n) is 12.9. The van der Waals surface area contributed by atoms with E-state index in [1.54, 1.807) is 24.0 Å². The maximum absolute atomic E-state index is 15.4. The minimum atomic E-state index is -4.05. The van der Waals surface area contributed by atoms with Gasteiger partial charge in [0.25, 0.3) is 5.56 Å². The largest absolute Gasteiger partial charge is 0.453 e. The average molecular weight is 1040 g/mol. The summed E-state index contributed by atoms with van der Waals surface area (Å²) < 4.78 is 72.6. The molecule has 66 heavy (non-hydrogen) atoms. The zero-order valence-corrected chi connectivity index (χ0v) is 39.0. The summed E-state index contributed by atoms with van der Waals surface area (Å²) >= 11 is 2.15. The molecule has 0 aliphatic carbocycles. The van der Waals surface area contributed by atoms with Crippen LogP contribution in [0.5, 0.6) is 11.5 Å². The quantitative estimate of drug-likeness (QED) is 0.0656. The van der Waals surface area contributed by atoms with E-state index in [0.29, 0.717) is 62.2 Å². The molecule has 4 fully saturated rings. The zero-order chi connectivity index (χ0) is 47.1. The van der Waals surface area contributed by atoms with Crippen molar-refractivity contribution >= 4 is 78.5 Å². The summed E-state index contributed by atoms with van der Waals surface area (Å²) in [5.41, 5.74) is -1.79. The fourth-order valence-electron chi connectivity index (χ4n) is 8.99. The average Bonchev–Trinajstić information content (AvgIpc) is 3.68. The smallest absolute Gasteiger partial charge is 0.301 e. The molecule has 22 heteroatoms. The highest BCUT2D eigenvalue weighted by Crippen LogP contribution is 2.42. The van der Waals surface area contributed by atoms with Gasteiger partial charge in [0.05, 0.1) is 62.9 Å². The number of fused-ring (bicyclic) bond motifs is 1. The lowest BCUT2D eigenvalue weighted by molar-refractivity contribution is -0.142. The third-order valence-corrected chi connectivity index (χ3v) is 15.6. The highest BCUT2D eigenvalue weighted by atomic mass is 127.